The Bertz CT molecular complexity index is 630. The second-order valence-electron chi connectivity index (χ2n) is 4.75. The highest BCUT2D eigenvalue weighted by atomic mass is 16.5. The van der Waals surface area contributed by atoms with Crippen molar-refractivity contribution in [2.75, 3.05) is 18.6 Å². The molecule has 4 N–H and O–H groups in total. The summed E-state index contributed by atoms with van der Waals surface area (Å²) in [6.45, 7) is 4.93. The van der Waals surface area contributed by atoms with Crippen molar-refractivity contribution in [2.24, 2.45) is 5.84 Å². The first-order valence-corrected chi connectivity index (χ1v) is 6.90. The molecule has 0 aliphatic carbocycles. The molecule has 0 fully saturated rings. The van der Waals surface area contributed by atoms with Crippen molar-refractivity contribution >= 4 is 22.6 Å². The molecule has 0 radical (unpaired) electrons. The Morgan fingerprint density at radius 1 is 1.43 bits per heavy atom. The van der Waals surface area contributed by atoms with Crippen molar-refractivity contribution in [3.05, 3.63) is 35.9 Å². The van der Waals surface area contributed by atoms with Crippen LogP contribution in [0.25, 0.3) is 10.9 Å². The molecule has 1 amide bonds. The first kappa shape index (κ1) is 15.2. The van der Waals surface area contributed by atoms with Crippen molar-refractivity contribution < 1.29 is 9.53 Å². The summed E-state index contributed by atoms with van der Waals surface area (Å²) in [7, 11) is 0. The fourth-order valence-electron chi connectivity index (χ4n) is 2.08. The molecule has 0 bridgehead atoms. The van der Waals surface area contributed by atoms with Crippen LogP contribution in [0, 0.1) is 0 Å². The van der Waals surface area contributed by atoms with Crippen LogP contribution in [0.15, 0.2) is 30.3 Å². The molecular formula is C15H20N4O2. The molecule has 0 aliphatic heterocycles. The molecule has 6 heteroatoms. The van der Waals surface area contributed by atoms with Gasteiger partial charge in [-0.15, -0.1) is 0 Å². The summed E-state index contributed by atoms with van der Waals surface area (Å²) in [6, 6.07) is 9.03. The van der Waals surface area contributed by atoms with E-state index in [1.54, 1.807) is 6.07 Å². The van der Waals surface area contributed by atoms with Gasteiger partial charge in [0.15, 0.2) is 0 Å². The number of nitrogens with zero attached hydrogens (tertiary/aromatic N) is 1. The van der Waals surface area contributed by atoms with E-state index in [1.165, 1.54) is 0 Å². The number of aromatic nitrogens is 1. The van der Waals surface area contributed by atoms with Crippen LogP contribution in [0.4, 0.5) is 5.82 Å². The van der Waals surface area contributed by atoms with Crippen molar-refractivity contribution in [2.45, 2.75) is 19.9 Å². The van der Waals surface area contributed by atoms with Crippen molar-refractivity contribution in [3.63, 3.8) is 0 Å². The van der Waals surface area contributed by atoms with Crippen molar-refractivity contribution in [3.8, 4) is 0 Å². The summed E-state index contributed by atoms with van der Waals surface area (Å²) >= 11 is 0. The Hall–Kier alpha value is -2.18. The minimum atomic E-state index is -0.169. The highest BCUT2D eigenvalue weighted by molar-refractivity contribution is 6.07. The van der Waals surface area contributed by atoms with Gasteiger partial charge in [0.25, 0.3) is 5.91 Å². The Kier molecular flexibility index (Phi) is 5.08. The van der Waals surface area contributed by atoms with Crippen molar-refractivity contribution in [1.82, 2.24) is 10.3 Å². The molecule has 1 heterocycles. The van der Waals surface area contributed by atoms with Gasteiger partial charge in [-0.3, -0.25) is 4.79 Å². The number of carbonyl (C=O) groups is 1. The average Bonchev–Trinajstić information content (AvgIpc) is 2.51. The number of pyridine rings is 1. The number of hydrogen-bond acceptors (Lipinski definition) is 5. The zero-order chi connectivity index (χ0) is 15.2. The number of hydrogen-bond donors (Lipinski definition) is 3. The van der Waals surface area contributed by atoms with E-state index in [4.69, 9.17) is 10.6 Å². The van der Waals surface area contributed by atoms with Crippen LogP contribution in [0.3, 0.4) is 0 Å². The maximum Gasteiger partial charge on any atom is 0.252 e. The second kappa shape index (κ2) is 7.01. The van der Waals surface area contributed by atoms with Gasteiger partial charge < -0.3 is 15.5 Å². The van der Waals surface area contributed by atoms with Crippen LogP contribution in [-0.4, -0.2) is 30.1 Å². The van der Waals surface area contributed by atoms with Crippen LogP contribution in [0.2, 0.25) is 0 Å². The first-order chi connectivity index (χ1) is 10.2. The number of anilines is 1. The van der Waals surface area contributed by atoms with Gasteiger partial charge in [-0.1, -0.05) is 18.2 Å². The van der Waals surface area contributed by atoms with E-state index in [2.05, 4.69) is 15.7 Å². The van der Waals surface area contributed by atoms with E-state index in [0.717, 1.165) is 10.9 Å². The molecule has 2 aromatic rings. The lowest BCUT2D eigenvalue weighted by Crippen LogP contribution is -2.36. The Morgan fingerprint density at radius 3 is 2.90 bits per heavy atom. The van der Waals surface area contributed by atoms with E-state index < -0.39 is 0 Å². The van der Waals surface area contributed by atoms with E-state index in [9.17, 15) is 4.79 Å². The van der Waals surface area contributed by atoms with Crippen molar-refractivity contribution in [1.29, 1.82) is 0 Å². The lowest BCUT2D eigenvalue weighted by atomic mass is 10.1. The standard InChI is InChI=1S/C15H20N4O2/c1-3-21-9-10(2)17-15(20)12-8-14(19-16)18-13-7-5-4-6-11(12)13/h4-8,10H,3,9,16H2,1-2H3,(H,17,20)(H,18,19). The molecule has 0 saturated heterocycles. The Morgan fingerprint density at radius 2 is 2.19 bits per heavy atom. The summed E-state index contributed by atoms with van der Waals surface area (Å²) in [5.74, 6) is 5.70. The number of ether oxygens (including phenoxy) is 1. The van der Waals surface area contributed by atoms with Crippen LogP contribution in [-0.2, 0) is 4.74 Å². The molecule has 1 atom stereocenters. The van der Waals surface area contributed by atoms with Crippen LogP contribution in [0.5, 0.6) is 0 Å². The number of nitrogens with two attached hydrogens (primary N) is 1. The Balaban J connectivity index is 2.29. The Labute approximate surface area is 123 Å². The number of amides is 1. The number of hydrazine groups is 1. The SMILES string of the molecule is CCOCC(C)NC(=O)c1cc(NN)nc2ccccc12. The summed E-state index contributed by atoms with van der Waals surface area (Å²) in [5.41, 5.74) is 3.74. The molecule has 1 unspecified atom stereocenters. The van der Waals surface area contributed by atoms with Crippen LogP contribution < -0.4 is 16.6 Å². The number of benzene rings is 1. The predicted octanol–water partition coefficient (Wildman–Crippen LogP) is 1.68. The molecule has 21 heavy (non-hydrogen) atoms. The first-order valence-electron chi connectivity index (χ1n) is 6.90. The third kappa shape index (κ3) is 3.68. The highest BCUT2D eigenvalue weighted by Gasteiger charge is 2.14. The summed E-state index contributed by atoms with van der Waals surface area (Å²) < 4.78 is 5.31. The third-order valence-electron chi connectivity index (χ3n) is 3.06. The topological polar surface area (TPSA) is 89.3 Å². The number of carbonyl (C=O) groups excluding carboxylic acids is 1. The molecule has 0 saturated carbocycles. The number of nitrogens with one attached hydrogen (secondary N) is 2. The minimum Gasteiger partial charge on any atom is -0.380 e. The van der Waals surface area contributed by atoms with Gasteiger partial charge in [0, 0.05) is 18.0 Å². The fourth-order valence-corrected chi connectivity index (χ4v) is 2.08. The smallest absolute Gasteiger partial charge is 0.252 e. The van der Waals surface area contributed by atoms with Crippen LogP contribution in [0.1, 0.15) is 24.2 Å². The van der Waals surface area contributed by atoms with Gasteiger partial charge in [0.05, 0.1) is 17.7 Å². The number of nitrogen functional groups attached to an aromatic ring is 1. The molecular weight excluding hydrogens is 268 g/mol. The van der Waals surface area contributed by atoms with Gasteiger partial charge >= 0.3 is 0 Å². The van der Waals surface area contributed by atoms with Gasteiger partial charge in [-0.25, -0.2) is 10.8 Å². The molecule has 112 valence electrons. The highest BCUT2D eigenvalue weighted by Crippen LogP contribution is 2.20. The maximum absolute atomic E-state index is 12.4. The number of rotatable bonds is 6. The molecule has 1 aromatic carbocycles. The monoisotopic (exact) mass is 288 g/mol. The molecule has 0 aliphatic rings. The third-order valence-corrected chi connectivity index (χ3v) is 3.06. The molecule has 0 spiro atoms. The number of fused-ring (bicyclic) bond motifs is 1. The summed E-state index contributed by atoms with van der Waals surface area (Å²) in [4.78, 5) is 16.8. The quantitative estimate of drug-likeness (QED) is 0.556. The lowest BCUT2D eigenvalue weighted by molar-refractivity contribution is 0.0873. The van der Waals surface area contributed by atoms with Gasteiger partial charge in [0.1, 0.15) is 5.82 Å². The zero-order valence-corrected chi connectivity index (χ0v) is 12.2. The molecule has 6 nitrogen and oxygen atoms in total. The number of para-hydroxylation sites is 1. The van der Waals surface area contributed by atoms with Crippen LogP contribution >= 0.6 is 0 Å². The lowest BCUT2D eigenvalue weighted by Gasteiger charge is -2.15. The summed E-state index contributed by atoms with van der Waals surface area (Å²) in [6.07, 6.45) is 0. The molecule has 2 rings (SSSR count). The second-order valence-corrected chi connectivity index (χ2v) is 4.75. The van der Waals surface area contributed by atoms with E-state index in [-0.39, 0.29) is 11.9 Å². The van der Waals surface area contributed by atoms with Gasteiger partial charge in [-0.05, 0) is 26.0 Å². The molecule has 1 aromatic heterocycles. The van der Waals surface area contributed by atoms with E-state index in [1.807, 2.05) is 38.1 Å². The van der Waals surface area contributed by atoms with E-state index >= 15 is 0 Å². The fraction of sp³-hybridized carbons (Fsp3) is 0.333. The summed E-state index contributed by atoms with van der Waals surface area (Å²) in [5, 5.41) is 3.70. The van der Waals surface area contributed by atoms with Gasteiger partial charge in [-0.2, -0.15) is 0 Å². The zero-order valence-electron chi connectivity index (χ0n) is 12.2. The van der Waals surface area contributed by atoms with E-state index in [0.29, 0.717) is 24.6 Å². The largest absolute Gasteiger partial charge is 0.380 e. The van der Waals surface area contributed by atoms with Gasteiger partial charge in [0.2, 0.25) is 0 Å². The normalized spacial score (nSPS) is 12.1. The predicted molar refractivity (Wildman–Crippen MR) is 83.0 cm³/mol. The maximum atomic E-state index is 12.4. The average molecular weight is 288 g/mol. The minimum absolute atomic E-state index is 0.0707.